The molecule has 146 valence electrons. The molecule has 0 bridgehead atoms. The highest BCUT2D eigenvalue weighted by atomic mass is 16.4. The van der Waals surface area contributed by atoms with Crippen LogP contribution in [0.5, 0.6) is 0 Å². The van der Waals surface area contributed by atoms with Crippen LogP contribution in [0.25, 0.3) is 6.08 Å². The molecule has 0 radical (unpaired) electrons. The molecule has 0 spiro atoms. The standard InChI is InChI=1S/C17H22N4O6/c1-9-2-4-10(5-3-9)6-11-16(27)20-17(19-11)21-18-7-12(23)14(25)15(26)13(24)8-22/h2-7,12-15,22-26H,8H2,1H3,(H2,19,20,21,27)/b11-6-,18-7?/t12-,13+,14+,15-/m0/s1. The lowest BCUT2D eigenvalue weighted by atomic mass is 10.0. The lowest BCUT2D eigenvalue weighted by molar-refractivity contribution is -0.115. The fourth-order valence-corrected chi connectivity index (χ4v) is 2.14. The van der Waals surface area contributed by atoms with E-state index in [4.69, 9.17) is 5.11 Å². The van der Waals surface area contributed by atoms with Gasteiger partial charge in [-0.3, -0.25) is 10.1 Å². The summed E-state index contributed by atoms with van der Waals surface area (Å²) < 4.78 is 0. The van der Waals surface area contributed by atoms with Gasteiger partial charge in [-0.05, 0) is 18.6 Å². The molecule has 27 heavy (non-hydrogen) atoms. The summed E-state index contributed by atoms with van der Waals surface area (Å²) in [5, 5.41) is 52.9. The Morgan fingerprint density at radius 2 is 1.85 bits per heavy atom. The molecule has 7 N–H and O–H groups in total. The highest BCUT2D eigenvalue weighted by Crippen LogP contribution is 2.12. The van der Waals surface area contributed by atoms with Crippen molar-refractivity contribution in [2.24, 2.45) is 10.1 Å². The maximum absolute atomic E-state index is 11.9. The molecule has 0 saturated heterocycles. The van der Waals surface area contributed by atoms with Gasteiger partial charge in [0.2, 0.25) is 5.96 Å². The summed E-state index contributed by atoms with van der Waals surface area (Å²) in [4.78, 5) is 15.9. The molecule has 1 aromatic carbocycles. The number of aliphatic hydroxyl groups is 5. The molecule has 2 rings (SSSR count). The Morgan fingerprint density at radius 1 is 1.19 bits per heavy atom. The number of rotatable bonds is 7. The van der Waals surface area contributed by atoms with Crippen molar-refractivity contribution in [2.45, 2.75) is 31.3 Å². The molecule has 1 aliphatic heterocycles. The minimum absolute atomic E-state index is 0.0206. The van der Waals surface area contributed by atoms with Crippen LogP contribution >= 0.6 is 0 Å². The average Bonchev–Trinajstić information content (AvgIpc) is 3.00. The number of nitrogens with one attached hydrogen (secondary N) is 2. The van der Waals surface area contributed by atoms with Gasteiger partial charge in [0.15, 0.2) is 0 Å². The number of carbonyl (C=O) groups is 1. The Bertz CT molecular complexity index is 746. The van der Waals surface area contributed by atoms with Crippen molar-refractivity contribution >= 4 is 24.2 Å². The minimum atomic E-state index is -1.77. The van der Waals surface area contributed by atoms with E-state index in [1.165, 1.54) is 0 Å². The predicted molar refractivity (Wildman–Crippen MR) is 97.5 cm³/mol. The van der Waals surface area contributed by atoms with Gasteiger partial charge in [0.1, 0.15) is 30.1 Å². The summed E-state index contributed by atoms with van der Waals surface area (Å²) in [6.07, 6.45) is -4.32. The number of aliphatic imine (C=N–C) groups is 1. The van der Waals surface area contributed by atoms with Gasteiger partial charge in [0.05, 0.1) is 12.8 Å². The van der Waals surface area contributed by atoms with Crippen molar-refractivity contribution in [3.05, 3.63) is 41.1 Å². The summed E-state index contributed by atoms with van der Waals surface area (Å²) in [7, 11) is 0. The summed E-state index contributed by atoms with van der Waals surface area (Å²) in [5.41, 5.74) is 4.44. The summed E-state index contributed by atoms with van der Waals surface area (Å²) >= 11 is 0. The van der Waals surface area contributed by atoms with Gasteiger partial charge in [-0.15, -0.1) is 0 Å². The van der Waals surface area contributed by atoms with Crippen LogP contribution in [0.3, 0.4) is 0 Å². The smallest absolute Gasteiger partial charge is 0.276 e. The first-order valence-corrected chi connectivity index (χ1v) is 8.12. The second-order valence-electron chi connectivity index (χ2n) is 5.97. The molecule has 1 aliphatic rings. The second-order valence-corrected chi connectivity index (χ2v) is 5.97. The highest BCUT2D eigenvalue weighted by Gasteiger charge is 2.29. The highest BCUT2D eigenvalue weighted by molar-refractivity contribution is 6.13. The normalized spacial score (nSPS) is 20.3. The first kappa shape index (κ1) is 20.7. The van der Waals surface area contributed by atoms with Gasteiger partial charge < -0.3 is 25.5 Å². The molecule has 0 aromatic heterocycles. The number of amides is 1. The van der Waals surface area contributed by atoms with Crippen molar-refractivity contribution in [1.82, 2.24) is 10.7 Å². The SMILES string of the molecule is Cc1ccc(/C=C2\N=C(NN=C[C@H](O)[C@@H](O)[C@@H](O)[C@H](O)CO)NC2=O)cc1. The number of aliphatic hydroxyl groups excluding tert-OH is 5. The van der Waals surface area contributed by atoms with Gasteiger partial charge >= 0.3 is 0 Å². The predicted octanol–water partition coefficient (Wildman–Crippen LogP) is -2.17. The first-order valence-electron chi connectivity index (χ1n) is 8.12. The van der Waals surface area contributed by atoms with E-state index in [1.807, 2.05) is 31.2 Å². The molecule has 1 amide bonds. The average molecular weight is 378 g/mol. The van der Waals surface area contributed by atoms with E-state index in [0.717, 1.165) is 17.3 Å². The summed E-state index contributed by atoms with van der Waals surface area (Å²) in [6, 6.07) is 7.50. The number of carbonyl (C=O) groups excluding carboxylic acids is 1. The van der Waals surface area contributed by atoms with E-state index >= 15 is 0 Å². The number of aryl methyl sites for hydroxylation is 1. The van der Waals surface area contributed by atoms with Crippen molar-refractivity contribution in [1.29, 1.82) is 0 Å². The molecule has 0 aliphatic carbocycles. The molecule has 0 unspecified atom stereocenters. The molecule has 10 heteroatoms. The summed E-state index contributed by atoms with van der Waals surface area (Å²) in [5.74, 6) is -0.414. The van der Waals surface area contributed by atoms with Crippen molar-refractivity contribution in [2.75, 3.05) is 6.61 Å². The van der Waals surface area contributed by atoms with Crippen LogP contribution in [0.2, 0.25) is 0 Å². The van der Waals surface area contributed by atoms with Gasteiger partial charge in [-0.2, -0.15) is 5.10 Å². The third kappa shape index (κ3) is 5.67. The Kier molecular flexibility index (Phi) is 7.16. The topological polar surface area (TPSA) is 167 Å². The third-order valence-corrected chi connectivity index (χ3v) is 3.76. The molecule has 10 nitrogen and oxygen atoms in total. The minimum Gasteiger partial charge on any atom is -0.394 e. The van der Waals surface area contributed by atoms with Crippen LogP contribution in [0.15, 0.2) is 40.1 Å². The van der Waals surface area contributed by atoms with E-state index in [0.29, 0.717) is 0 Å². The van der Waals surface area contributed by atoms with Crippen molar-refractivity contribution < 1.29 is 30.3 Å². The Labute approximate surface area is 155 Å². The van der Waals surface area contributed by atoms with Crippen molar-refractivity contribution in [3.63, 3.8) is 0 Å². The van der Waals surface area contributed by atoms with Crippen LogP contribution in [-0.4, -0.2) is 74.6 Å². The molecule has 0 fully saturated rings. The zero-order valence-electron chi connectivity index (χ0n) is 14.5. The number of hydrogen-bond acceptors (Lipinski definition) is 9. The zero-order chi connectivity index (χ0) is 20.0. The van der Waals surface area contributed by atoms with E-state index in [9.17, 15) is 25.2 Å². The van der Waals surface area contributed by atoms with E-state index in [2.05, 4.69) is 20.8 Å². The van der Waals surface area contributed by atoms with Crippen LogP contribution < -0.4 is 10.7 Å². The largest absolute Gasteiger partial charge is 0.394 e. The van der Waals surface area contributed by atoms with Crippen LogP contribution in [0.1, 0.15) is 11.1 Å². The quantitative estimate of drug-likeness (QED) is 0.161. The molecule has 0 saturated carbocycles. The number of hydrazone groups is 1. The Hall–Kier alpha value is -2.63. The fourth-order valence-electron chi connectivity index (χ4n) is 2.14. The van der Waals surface area contributed by atoms with Gasteiger partial charge in [-0.25, -0.2) is 10.4 Å². The molecule has 4 atom stereocenters. The molecule has 1 heterocycles. The van der Waals surface area contributed by atoms with E-state index in [1.54, 1.807) is 6.08 Å². The molecular weight excluding hydrogens is 356 g/mol. The Balaban J connectivity index is 1.96. The number of hydrogen-bond donors (Lipinski definition) is 7. The fraction of sp³-hybridized carbons (Fsp3) is 0.353. The number of nitrogens with zero attached hydrogens (tertiary/aromatic N) is 2. The lowest BCUT2D eigenvalue weighted by Gasteiger charge is -2.23. The zero-order valence-corrected chi connectivity index (χ0v) is 14.5. The van der Waals surface area contributed by atoms with Gasteiger partial charge in [0, 0.05) is 0 Å². The van der Waals surface area contributed by atoms with E-state index < -0.39 is 36.9 Å². The van der Waals surface area contributed by atoms with Gasteiger partial charge in [-0.1, -0.05) is 29.8 Å². The number of benzene rings is 1. The maximum Gasteiger partial charge on any atom is 0.276 e. The lowest BCUT2D eigenvalue weighted by Crippen LogP contribution is -2.46. The monoisotopic (exact) mass is 378 g/mol. The van der Waals surface area contributed by atoms with Crippen LogP contribution in [0.4, 0.5) is 0 Å². The Morgan fingerprint density at radius 3 is 2.48 bits per heavy atom. The molecular formula is C17H22N4O6. The maximum atomic E-state index is 11.9. The third-order valence-electron chi connectivity index (χ3n) is 3.76. The van der Waals surface area contributed by atoms with Gasteiger partial charge in [0.25, 0.3) is 5.91 Å². The van der Waals surface area contributed by atoms with Crippen molar-refractivity contribution in [3.8, 4) is 0 Å². The van der Waals surface area contributed by atoms with E-state index in [-0.39, 0.29) is 11.7 Å². The summed E-state index contributed by atoms with van der Waals surface area (Å²) in [6.45, 7) is 1.17. The first-order chi connectivity index (χ1) is 12.8. The van der Waals surface area contributed by atoms with Crippen LogP contribution in [0, 0.1) is 6.92 Å². The van der Waals surface area contributed by atoms with Crippen LogP contribution in [-0.2, 0) is 4.79 Å². The molecule has 1 aromatic rings. The number of guanidine groups is 1. The second kappa shape index (κ2) is 9.35.